The summed E-state index contributed by atoms with van der Waals surface area (Å²) < 4.78 is 5.36. The first kappa shape index (κ1) is 14.7. The molecule has 3 nitrogen and oxygen atoms in total. The molecule has 18 heavy (non-hydrogen) atoms. The summed E-state index contributed by atoms with van der Waals surface area (Å²) in [5.74, 6) is 0.444. The molecule has 0 aliphatic carbocycles. The second-order valence-electron chi connectivity index (χ2n) is 4.95. The quantitative estimate of drug-likeness (QED) is 0.787. The van der Waals surface area contributed by atoms with Gasteiger partial charge in [0.1, 0.15) is 0 Å². The Morgan fingerprint density at radius 2 is 1.78 bits per heavy atom. The molecule has 0 aliphatic rings. The van der Waals surface area contributed by atoms with Crippen LogP contribution in [0.25, 0.3) is 0 Å². The van der Waals surface area contributed by atoms with Crippen molar-refractivity contribution in [1.29, 1.82) is 0 Å². The fraction of sp³-hybridized carbons (Fsp3) is 0.533. The summed E-state index contributed by atoms with van der Waals surface area (Å²) in [7, 11) is 0. The molecule has 0 heterocycles. The Kier molecular flexibility index (Phi) is 5.86. The van der Waals surface area contributed by atoms with Crippen LogP contribution in [0, 0.1) is 0 Å². The lowest BCUT2D eigenvalue weighted by molar-refractivity contribution is 0.0746. The van der Waals surface area contributed by atoms with Gasteiger partial charge in [-0.15, -0.1) is 0 Å². The molecule has 3 heteroatoms. The second kappa shape index (κ2) is 7.17. The Bertz CT molecular complexity index is 369. The smallest absolute Gasteiger partial charge is 0.251 e. The Morgan fingerprint density at radius 1 is 1.17 bits per heavy atom. The fourth-order valence-electron chi connectivity index (χ4n) is 1.58. The molecule has 0 spiro atoms. The van der Waals surface area contributed by atoms with Gasteiger partial charge in [-0.3, -0.25) is 4.79 Å². The molecule has 0 atom stereocenters. The summed E-state index contributed by atoms with van der Waals surface area (Å²) in [5, 5.41) is 2.84. The van der Waals surface area contributed by atoms with Gasteiger partial charge in [0, 0.05) is 12.1 Å². The van der Waals surface area contributed by atoms with Crippen LogP contribution in [0.1, 0.15) is 49.5 Å². The first-order chi connectivity index (χ1) is 8.50. The van der Waals surface area contributed by atoms with Crippen molar-refractivity contribution in [2.45, 2.75) is 39.7 Å². The van der Waals surface area contributed by atoms with E-state index < -0.39 is 0 Å². The molecule has 1 amide bonds. The van der Waals surface area contributed by atoms with Crippen LogP contribution >= 0.6 is 0 Å². The molecule has 1 rings (SSSR count). The Labute approximate surface area is 110 Å². The standard InChI is InChI=1S/C15H23NO2/c1-11(2)13-5-7-14(8-6-13)15(17)16-9-10-18-12(3)4/h5-8,11-12H,9-10H2,1-4H3,(H,16,17). The van der Waals surface area contributed by atoms with E-state index in [9.17, 15) is 4.79 Å². The molecule has 1 N–H and O–H groups in total. The van der Waals surface area contributed by atoms with Crippen LogP contribution in [0.5, 0.6) is 0 Å². The minimum atomic E-state index is -0.0438. The number of hydrogen-bond acceptors (Lipinski definition) is 2. The average Bonchev–Trinajstić information content (AvgIpc) is 2.34. The zero-order chi connectivity index (χ0) is 13.5. The maximum absolute atomic E-state index is 11.8. The van der Waals surface area contributed by atoms with Crippen molar-refractivity contribution < 1.29 is 9.53 Å². The van der Waals surface area contributed by atoms with E-state index in [1.165, 1.54) is 5.56 Å². The van der Waals surface area contributed by atoms with Crippen LogP contribution in [0.2, 0.25) is 0 Å². The third-order valence-electron chi connectivity index (χ3n) is 2.68. The molecule has 0 saturated heterocycles. The molecular weight excluding hydrogens is 226 g/mol. The van der Waals surface area contributed by atoms with Crippen molar-refractivity contribution in [3.05, 3.63) is 35.4 Å². The van der Waals surface area contributed by atoms with E-state index in [0.29, 0.717) is 24.6 Å². The maximum Gasteiger partial charge on any atom is 0.251 e. The first-order valence-corrected chi connectivity index (χ1v) is 6.50. The maximum atomic E-state index is 11.8. The molecule has 1 aromatic rings. The molecule has 0 unspecified atom stereocenters. The van der Waals surface area contributed by atoms with E-state index in [1.54, 1.807) is 0 Å². The second-order valence-corrected chi connectivity index (χ2v) is 4.95. The normalized spacial score (nSPS) is 11.0. The number of carbonyl (C=O) groups excluding carboxylic acids is 1. The van der Waals surface area contributed by atoms with Crippen LogP contribution in [0.15, 0.2) is 24.3 Å². The number of amides is 1. The molecule has 0 fully saturated rings. The summed E-state index contributed by atoms with van der Waals surface area (Å²) in [5.41, 5.74) is 1.94. The molecule has 0 bridgehead atoms. The Hall–Kier alpha value is -1.35. The minimum absolute atomic E-state index is 0.0438. The number of rotatable bonds is 6. The average molecular weight is 249 g/mol. The van der Waals surface area contributed by atoms with Crippen LogP contribution in [0.4, 0.5) is 0 Å². The number of ether oxygens (including phenoxy) is 1. The van der Waals surface area contributed by atoms with Gasteiger partial charge in [0.25, 0.3) is 5.91 Å². The van der Waals surface area contributed by atoms with Gasteiger partial charge in [-0.1, -0.05) is 26.0 Å². The number of nitrogens with one attached hydrogen (secondary N) is 1. The zero-order valence-electron chi connectivity index (χ0n) is 11.7. The molecule has 0 aliphatic heterocycles. The van der Waals surface area contributed by atoms with Gasteiger partial charge in [0.05, 0.1) is 12.7 Å². The van der Waals surface area contributed by atoms with Gasteiger partial charge in [-0.2, -0.15) is 0 Å². The van der Waals surface area contributed by atoms with Crippen LogP contribution < -0.4 is 5.32 Å². The summed E-state index contributed by atoms with van der Waals surface area (Å²) in [6.07, 6.45) is 0.201. The highest BCUT2D eigenvalue weighted by atomic mass is 16.5. The number of carbonyl (C=O) groups is 1. The summed E-state index contributed by atoms with van der Waals surface area (Å²) >= 11 is 0. The number of hydrogen-bond donors (Lipinski definition) is 1. The lowest BCUT2D eigenvalue weighted by Crippen LogP contribution is -2.28. The van der Waals surface area contributed by atoms with Gasteiger partial charge >= 0.3 is 0 Å². The van der Waals surface area contributed by atoms with Crippen molar-refractivity contribution in [2.24, 2.45) is 0 Å². The van der Waals surface area contributed by atoms with Crippen molar-refractivity contribution in [1.82, 2.24) is 5.32 Å². The van der Waals surface area contributed by atoms with E-state index >= 15 is 0 Å². The molecule has 1 aromatic carbocycles. The summed E-state index contributed by atoms with van der Waals surface area (Å²) in [4.78, 5) is 11.8. The van der Waals surface area contributed by atoms with Crippen molar-refractivity contribution in [2.75, 3.05) is 13.2 Å². The third kappa shape index (κ3) is 4.88. The van der Waals surface area contributed by atoms with Crippen LogP contribution in [-0.2, 0) is 4.74 Å². The van der Waals surface area contributed by atoms with Gasteiger partial charge in [-0.05, 0) is 37.5 Å². The summed E-state index contributed by atoms with van der Waals surface area (Å²) in [6.45, 7) is 9.33. The molecular formula is C15H23NO2. The van der Waals surface area contributed by atoms with E-state index in [-0.39, 0.29) is 12.0 Å². The molecule has 100 valence electrons. The Balaban J connectivity index is 2.42. The lowest BCUT2D eigenvalue weighted by Gasteiger charge is -2.09. The van der Waals surface area contributed by atoms with Gasteiger partial charge in [0.2, 0.25) is 0 Å². The highest BCUT2D eigenvalue weighted by Gasteiger charge is 2.05. The minimum Gasteiger partial charge on any atom is -0.377 e. The van der Waals surface area contributed by atoms with E-state index in [0.717, 1.165) is 0 Å². The van der Waals surface area contributed by atoms with Gasteiger partial charge < -0.3 is 10.1 Å². The van der Waals surface area contributed by atoms with E-state index in [4.69, 9.17) is 4.74 Å². The van der Waals surface area contributed by atoms with Crippen molar-refractivity contribution in [3.63, 3.8) is 0 Å². The summed E-state index contributed by atoms with van der Waals surface area (Å²) in [6, 6.07) is 7.75. The molecule has 0 aromatic heterocycles. The lowest BCUT2D eigenvalue weighted by atomic mass is 10.0. The van der Waals surface area contributed by atoms with E-state index in [2.05, 4.69) is 19.2 Å². The molecule has 0 saturated carbocycles. The largest absolute Gasteiger partial charge is 0.377 e. The van der Waals surface area contributed by atoms with Gasteiger partial charge in [0.15, 0.2) is 0 Å². The topological polar surface area (TPSA) is 38.3 Å². The van der Waals surface area contributed by atoms with Crippen molar-refractivity contribution >= 4 is 5.91 Å². The predicted molar refractivity (Wildman–Crippen MR) is 74.0 cm³/mol. The monoisotopic (exact) mass is 249 g/mol. The van der Waals surface area contributed by atoms with Gasteiger partial charge in [-0.25, -0.2) is 0 Å². The van der Waals surface area contributed by atoms with Crippen LogP contribution in [-0.4, -0.2) is 25.2 Å². The number of benzene rings is 1. The predicted octanol–water partition coefficient (Wildman–Crippen LogP) is 2.96. The SMILES string of the molecule is CC(C)OCCNC(=O)c1ccc(C(C)C)cc1. The zero-order valence-corrected chi connectivity index (χ0v) is 11.7. The van der Waals surface area contributed by atoms with Crippen molar-refractivity contribution in [3.8, 4) is 0 Å². The van der Waals surface area contributed by atoms with E-state index in [1.807, 2.05) is 38.1 Å². The Morgan fingerprint density at radius 3 is 2.28 bits per heavy atom. The highest BCUT2D eigenvalue weighted by Crippen LogP contribution is 2.14. The first-order valence-electron chi connectivity index (χ1n) is 6.50. The fourth-order valence-corrected chi connectivity index (χ4v) is 1.58. The third-order valence-corrected chi connectivity index (χ3v) is 2.68. The highest BCUT2D eigenvalue weighted by molar-refractivity contribution is 5.94. The molecule has 0 radical (unpaired) electrons. The van der Waals surface area contributed by atoms with Crippen LogP contribution in [0.3, 0.4) is 0 Å².